The second-order valence-corrected chi connectivity index (χ2v) is 10.1. The lowest BCUT2D eigenvalue weighted by Crippen LogP contribution is -2.44. The third-order valence-corrected chi connectivity index (χ3v) is 7.62. The predicted octanol–water partition coefficient (Wildman–Crippen LogP) is 4.63. The minimum Gasteiger partial charge on any atom is -0.440 e. The van der Waals surface area contributed by atoms with Crippen molar-refractivity contribution in [2.75, 3.05) is 18.2 Å². The Hall–Kier alpha value is -3.32. The molecule has 0 spiro atoms. The Bertz CT molecular complexity index is 1460. The molecule has 1 N–H and O–H groups in total. The molecule has 4 heterocycles. The van der Waals surface area contributed by atoms with Gasteiger partial charge in [0, 0.05) is 36.4 Å². The number of fused-ring (bicyclic) bond motifs is 1. The van der Waals surface area contributed by atoms with E-state index in [1.807, 2.05) is 5.38 Å². The summed E-state index contributed by atoms with van der Waals surface area (Å²) in [4.78, 5) is 37.2. The van der Waals surface area contributed by atoms with Crippen LogP contribution in [-0.4, -0.2) is 55.3 Å². The Balaban J connectivity index is 1.35. The number of imidazole rings is 1. The second-order valence-electron chi connectivity index (χ2n) is 8.23. The minimum absolute atomic E-state index is 0.0157. The number of oxazole rings is 1. The molecule has 1 aliphatic heterocycles. The molecule has 13 heteroatoms. The topological polar surface area (TPSA) is 92.7 Å². The van der Waals surface area contributed by atoms with Gasteiger partial charge in [-0.1, -0.05) is 12.1 Å². The first-order valence-electron chi connectivity index (χ1n) is 10.9. The third-order valence-electron chi connectivity index (χ3n) is 5.78. The first-order chi connectivity index (χ1) is 17.1. The molecule has 188 valence electrons. The van der Waals surface area contributed by atoms with Crippen LogP contribution in [0.25, 0.3) is 16.3 Å². The zero-order chi connectivity index (χ0) is 25.6. The number of halogens is 3. The van der Waals surface area contributed by atoms with Gasteiger partial charge in [0.2, 0.25) is 0 Å². The molecule has 0 aliphatic carbocycles. The number of rotatable bonds is 5. The van der Waals surface area contributed by atoms with Gasteiger partial charge in [-0.3, -0.25) is 14.0 Å². The van der Waals surface area contributed by atoms with Crippen LogP contribution in [0.2, 0.25) is 0 Å². The number of thioether (sulfide) groups is 1. The van der Waals surface area contributed by atoms with E-state index in [1.54, 1.807) is 22.4 Å². The smallest absolute Gasteiger partial charge is 0.416 e. The van der Waals surface area contributed by atoms with E-state index < -0.39 is 17.6 Å². The van der Waals surface area contributed by atoms with Gasteiger partial charge in [-0.2, -0.15) is 13.2 Å². The number of thiazole rings is 1. The molecule has 8 nitrogen and oxygen atoms in total. The number of benzene rings is 1. The van der Waals surface area contributed by atoms with E-state index in [0.717, 1.165) is 17.1 Å². The highest BCUT2D eigenvalue weighted by atomic mass is 32.2. The largest absolute Gasteiger partial charge is 0.440 e. The molecule has 1 aromatic carbocycles. The molecule has 36 heavy (non-hydrogen) atoms. The first-order valence-corrected chi connectivity index (χ1v) is 12.9. The van der Waals surface area contributed by atoms with Crippen LogP contribution in [0.15, 0.2) is 40.3 Å². The molecule has 1 fully saturated rings. The molecular weight excluding hydrogens is 515 g/mol. The molecule has 5 rings (SSSR count). The second kappa shape index (κ2) is 9.28. The van der Waals surface area contributed by atoms with Gasteiger partial charge in [0.05, 0.1) is 23.2 Å². The van der Waals surface area contributed by atoms with Crippen molar-refractivity contribution >= 4 is 39.9 Å². The number of carbonyl (C=O) groups excluding carboxylic acids is 2. The van der Waals surface area contributed by atoms with Crippen molar-refractivity contribution in [1.82, 2.24) is 24.6 Å². The normalized spacial score (nSPS) is 16.1. The van der Waals surface area contributed by atoms with E-state index in [-0.39, 0.29) is 41.4 Å². The van der Waals surface area contributed by atoms with Crippen molar-refractivity contribution < 1.29 is 27.2 Å². The molecule has 0 radical (unpaired) electrons. The van der Waals surface area contributed by atoms with Gasteiger partial charge in [-0.25, -0.2) is 9.97 Å². The van der Waals surface area contributed by atoms with E-state index in [2.05, 4.69) is 15.3 Å². The highest BCUT2D eigenvalue weighted by Gasteiger charge is 2.35. The Morgan fingerprint density at radius 1 is 1.25 bits per heavy atom. The fourth-order valence-electron chi connectivity index (χ4n) is 4.08. The van der Waals surface area contributed by atoms with Crippen molar-refractivity contribution in [1.29, 1.82) is 0 Å². The summed E-state index contributed by atoms with van der Waals surface area (Å²) < 4.78 is 47.0. The first kappa shape index (κ1) is 24.4. The maximum Gasteiger partial charge on any atom is 0.416 e. The molecule has 1 atom stereocenters. The maximum absolute atomic E-state index is 13.5. The summed E-state index contributed by atoms with van der Waals surface area (Å²) in [6.45, 7) is 3.49. The van der Waals surface area contributed by atoms with Crippen LogP contribution in [-0.2, 0) is 6.18 Å². The summed E-state index contributed by atoms with van der Waals surface area (Å²) in [5, 5.41) is 4.73. The number of hydrogen-bond acceptors (Lipinski definition) is 7. The van der Waals surface area contributed by atoms with Gasteiger partial charge in [0.1, 0.15) is 5.69 Å². The summed E-state index contributed by atoms with van der Waals surface area (Å²) in [7, 11) is 0. The number of hydrogen-bond donors (Lipinski definition) is 1. The molecule has 0 bridgehead atoms. The van der Waals surface area contributed by atoms with Crippen molar-refractivity contribution in [3.8, 4) is 11.3 Å². The van der Waals surface area contributed by atoms with Gasteiger partial charge in [0.25, 0.3) is 11.8 Å². The van der Waals surface area contributed by atoms with Crippen molar-refractivity contribution in [3.63, 3.8) is 0 Å². The van der Waals surface area contributed by atoms with Crippen LogP contribution in [0.3, 0.4) is 0 Å². The number of carbonyl (C=O) groups is 2. The highest BCUT2D eigenvalue weighted by Crippen LogP contribution is 2.34. The summed E-state index contributed by atoms with van der Waals surface area (Å²) >= 11 is 2.94. The Kier molecular flexibility index (Phi) is 6.29. The SMILES string of the molecule is Cc1nc(C(=O)N2CSC[C@H]2CNC(=O)c2c(C)nc3sccn23)c(-c2cccc(C(F)(F)F)c2)o1. The van der Waals surface area contributed by atoms with Gasteiger partial charge in [-0.15, -0.1) is 23.1 Å². The zero-order valence-corrected chi connectivity index (χ0v) is 20.8. The number of alkyl halides is 3. The summed E-state index contributed by atoms with van der Waals surface area (Å²) in [5.41, 5.74) is 0.254. The Morgan fingerprint density at radius 3 is 2.83 bits per heavy atom. The number of aromatic nitrogens is 3. The van der Waals surface area contributed by atoms with E-state index in [0.29, 0.717) is 23.0 Å². The average molecular weight is 536 g/mol. The van der Waals surface area contributed by atoms with Gasteiger partial charge < -0.3 is 14.6 Å². The van der Waals surface area contributed by atoms with E-state index in [9.17, 15) is 22.8 Å². The highest BCUT2D eigenvalue weighted by molar-refractivity contribution is 7.99. The summed E-state index contributed by atoms with van der Waals surface area (Å²) in [6.07, 6.45) is -2.76. The predicted molar refractivity (Wildman–Crippen MR) is 129 cm³/mol. The fraction of sp³-hybridized carbons (Fsp3) is 0.304. The monoisotopic (exact) mass is 535 g/mol. The molecule has 2 amide bonds. The lowest BCUT2D eigenvalue weighted by molar-refractivity contribution is -0.137. The van der Waals surface area contributed by atoms with Crippen LogP contribution < -0.4 is 5.32 Å². The summed E-state index contributed by atoms with van der Waals surface area (Å²) in [5.74, 6) is 0.319. The molecule has 0 unspecified atom stereocenters. The zero-order valence-electron chi connectivity index (χ0n) is 19.1. The molecule has 1 aliphatic rings. The Morgan fingerprint density at radius 2 is 2.06 bits per heavy atom. The maximum atomic E-state index is 13.5. The van der Waals surface area contributed by atoms with Crippen LogP contribution in [0.1, 0.15) is 38.1 Å². The molecule has 3 aromatic heterocycles. The molecule has 1 saturated heterocycles. The van der Waals surface area contributed by atoms with E-state index in [4.69, 9.17) is 4.42 Å². The number of nitrogens with zero attached hydrogens (tertiary/aromatic N) is 4. The number of nitrogens with one attached hydrogen (secondary N) is 1. The van der Waals surface area contributed by atoms with Gasteiger partial charge >= 0.3 is 6.18 Å². The third kappa shape index (κ3) is 4.48. The van der Waals surface area contributed by atoms with E-state index >= 15 is 0 Å². The molecule has 4 aromatic rings. The lowest BCUT2D eigenvalue weighted by atomic mass is 10.1. The Labute approximate surface area is 211 Å². The van der Waals surface area contributed by atoms with Gasteiger partial charge in [-0.05, 0) is 19.1 Å². The van der Waals surface area contributed by atoms with E-state index in [1.165, 1.54) is 42.2 Å². The van der Waals surface area contributed by atoms with Crippen molar-refractivity contribution in [3.05, 3.63) is 64.4 Å². The minimum atomic E-state index is -4.54. The van der Waals surface area contributed by atoms with Crippen molar-refractivity contribution in [2.45, 2.75) is 26.1 Å². The lowest BCUT2D eigenvalue weighted by Gasteiger charge is -2.23. The fourth-order valence-corrected chi connectivity index (χ4v) is 6.04. The van der Waals surface area contributed by atoms with Crippen molar-refractivity contribution in [2.24, 2.45) is 0 Å². The molecular formula is C23H20F3N5O3S2. The van der Waals surface area contributed by atoms with Crippen LogP contribution in [0.4, 0.5) is 13.2 Å². The van der Waals surface area contributed by atoms with Crippen LogP contribution in [0, 0.1) is 13.8 Å². The van der Waals surface area contributed by atoms with Gasteiger partial charge in [0.15, 0.2) is 22.3 Å². The van der Waals surface area contributed by atoms with Crippen LogP contribution >= 0.6 is 23.1 Å². The number of amides is 2. The average Bonchev–Trinajstić information content (AvgIpc) is 3.60. The molecule has 0 saturated carbocycles. The number of aryl methyl sites for hydroxylation is 2. The quantitative estimate of drug-likeness (QED) is 0.401. The standard InChI is InChI=1S/C23H20F3N5O3S2/c1-12-18(30-6-7-36-22(30)28-12)20(32)27-9-16-10-35-11-31(16)21(33)17-19(34-13(2)29-17)14-4-3-5-15(8-14)23(24,25)26/h3-8,16H,9-11H2,1-2H3,(H,27,32)/t16-/m1/s1. The van der Waals surface area contributed by atoms with Crippen LogP contribution in [0.5, 0.6) is 0 Å². The summed E-state index contributed by atoms with van der Waals surface area (Å²) in [6, 6.07) is 4.27.